The normalized spacial score (nSPS) is 23.0. The molecule has 11 heteroatoms. The van der Waals surface area contributed by atoms with E-state index in [1.807, 2.05) is 0 Å². The third-order valence-electron chi connectivity index (χ3n) is 7.63. The predicted molar refractivity (Wildman–Crippen MR) is 151 cm³/mol. The summed E-state index contributed by atoms with van der Waals surface area (Å²) in [5.74, 6) is -0.427. The molecule has 1 aliphatic heterocycles. The molecule has 0 spiro atoms. The molecule has 0 bridgehead atoms. The van der Waals surface area contributed by atoms with E-state index in [2.05, 4.69) is 21.6 Å². The summed E-state index contributed by atoms with van der Waals surface area (Å²) in [4.78, 5) is 40.7. The third-order valence-corrected chi connectivity index (χ3v) is 7.63. The third kappa shape index (κ3) is 6.23. The molecule has 2 aromatic rings. The van der Waals surface area contributed by atoms with Crippen LogP contribution >= 0.6 is 0 Å². The molecule has 1 fully saturated rings. The van der Waals surface area contributed by atoms with Gasteiger partial charge in [0.25, 0.3) is 5.91 Å². The van der Waals surface area contributed by atoms with Crippen LogP contribution < -0.4 is 21.3 Å². The SMILES string of the molecule is Cc1cc(Oc2ccc(C(=O)N[C@H](C)C(=O)N3[C@H](C4=CC=CC(F)C4)[C@@H](N)C[C@@H]3C(C)(C)C#N)cc2C)c(=O)[nH]n1. The Balaban J connectivity index is 1.54. The molecular weight excluding hydrogens is 527 g/mol. The quantitative estimate of drug-likeness (QED) is 0.467. The van der Waals surface area contributed by atoms with Gasteiger partial charge in [-0.2, -0.15) is 10.4 Å². The Morgan fingerprint density at radius 1 is 1.29 bits per heavy atom. The number of allylic oxidation sites excluding steroid dienone is 3. The molecule has 2 amide bonds. The lowest BCUT2D eigenvalue weighted by molar-refractivity contribution is -0.136. The van der Waals surface area contributed by atoms with Crippen molar-refractivity contribution in [1.29, 1.82) is 5.26 Å². The Hall–Kier alpha value is -4.30. The molecule has 1 aromatic carbocycles. The van der Waals surface area contributed by atoms with Crippen molar-refractivity contribution in [2.45, 2.75) is 77.8 Å². The second-order valence-corrected chi connectivity index (χ2v) is 11.3. The summed E-state index contributed by atoms with van der Waals surface area (Å²) in [6.45, 7) is 8.52. The molecule has 2 heterocycles. The number of rotatable bonds is 7. The number of hydrogen-bond donors (Lipinski definition) is 3. The molecule has 1 saturated heterocycles. The van der Waals surface area contributed by atoms with Crippen LogP contribution in [0.4, 0.5) is 4.39 Å². The van der Waals surface area contributed by atoms with Crippen LogP contribution in [0, 0.1) is 30.6 Å². The maximum absolute atomic E-state index is 14.3. The van der Waals surface area contributed by atoms with Gasteiger partial charge >= 0.3 is 5.56 Å². The maximum atomic E-state index is 14.3. The molecule has 1 aliphatic carbocycles. The summed E-state index contributed by atoms with van der Waals surface area (Å²) >= 11 is 0. The maximum Gasteiger partial charge on any atom is 0.307 e. The van der Waals surface area contributed by atoms with E-state index in [0.29, 0.717) is 34.6 Å². The highest BCUT2D eigenvalue weighted by Crippen LogP contribution is 2.40. The number of hydrogen-bond acceptors (Lipinski definition) is 7. The van der Waals surface area contributed by atoms with Crippen LogP contribution in [0.3, 0.4) is 0 Å². The fourth-order valence-electron chi connectivity index (χ4n) is 5.39. The highest BCUT2D eigenvalue weighted by molar-refractivity contribution is 5.98. The molecule has 0 radical (unpaired) electrons. The van der Waals surface area contributed by atoms with Crippen LogP contribution in [0.5, 0.6) is 11.5 Å². The van der Waals surface area contributed by atoms with Gasteiger partial charge in [-0.05, 0) is 70.4 Å². The van der Waals surface area contributed by atoms with Gasteiger partial charge in [-0.1, -0.05) is 18.2 Å². The number of nitrogens with two attached hydrogens (primary N) is 1. The van der Waals surface area contributed by atoms with Crippen LogP contribution in [0.25, 0.3) is 0 Å². The molecule has 216 valence electrons. The Labute approximate surface area is 238 Å². The molecule has 41 heavy (non-hydrogen) atoms. The Morgan fingerprint density at radius 2 is 2.02 bits per heavy atom. The first-order valence-corrected chi connectivity index (χ1v) is 13.5. The number of amides is 2. The first-order chi connectivity index (χ1) is 19.3. The minimum Gasteiger partial charge on any atom is -0.451 e. The van der Waals surface area contributed by atoms with Gasteiger partial charge in [-0.15, -0.1) is 0 Å². The van der Waals surface area contributed by atoms with E-state index in [-0.39, 0.29) is 12.2 Å². The second-order valence-electron chi connectivity index (χ2n) is 11.3. The number of aryl methyl sites for hydroxylation is 2. The van der Waals surface area contributed by atoms with Gasteiger partial charge in [0.05, 0.1) is 29.3 Å². The summed E-state index contributed by atoms with van der Waals surface area (Å²) in [5, 5.41) is 18.8. The Bertz CT molecular complexity index is 1510. The number of nitrogens with one attached hydrogen (secondary N) is 2. The van der Waals surface area contributed by atoms with Crippen molar-refractivity contribution >= 4 is 11.8 Å². The number of carbonyl (C=O) groups excluding carboxylic acids is 2. The predicted octanol–water partition coefficient (Wildman–Crippen LogP) is 3.37. The standard InChI is InChI=1S/C30H35FN6O4/c1-16-11-20(9-10-23(16)41-24-12-17(2)35-36-28(24)39)27(38)34-18(3)29(40)37-25(30(4,5)15-32)14-22(33)26(37)19-7-6-8-21(31)13-19/h6-12,18,21-22,25-26H,13-14,33H2,1-5H3,(H,34,38)(H,36,39)/t18-,21?,22+,25-,26-/m1/s1. The van der Waals surface area contributed by atoms with Crippen LogP contribution in [0.2, 0.25) is 0 Å². The van der Waals surface area contributed by atoms with Crippen molar-refractivity contribution in [3.8, 4) is 17.6 Å². The average Bonchev–Trinajstić information content (AvgIpc) is 3.29. The molecule has 5 atom stereocenters. The van der Waals surface area contributed by atoms with Crippen molar-refractivity contribution in [3.05, 3.63) is 75.2 Å². The number of benzene rings is 1. The fraction of sp³-hybridized carbons (Fsp3) is 0.433. The van der Waals surface area contributed by atoms with Crippen molar-refractivity contribution in [2.24, 2.45) is 11.1 Å². The average molecular weight is 563 g/mol. The number of likely N-dealkylation sites (tertiary alicyclic amines) is 1. The summed E-state index contributed by atoms with van der Waals surface area (Å²) in [6, 6.07) is 5.93. The molecule has 0 saturated carbocycles. The Morgan fingerprint density at radius 3 is 2.68 bits per heavy atom. The highest BCUT2D eigenvalue weighted by Gasteiger charge is 2.51. The summed E-state index contributed by atoms with van der Waals surface area (Å²) in [7, 11) is 0. The highest BCUT2D eigenvalue weighted by atomic mass is 19.1. The van der Waals surface area contributed by atoms with Gasteiger partial charge in [-0.25, -0.2) is 9.49 Å². The molecule has 4 N–H and O–H groups in total. The van der Waals surface area contributed by atoms with Crippen molar-refractivity contribution in [1.82, 2.24) is 20.4 Å². The second kappa shape index (κ2) is 11.7. The van der Waals surface area contributed by atoms with Crippen molar-refractivity contribution < 1.29 is 18.7 Å². The number of ether oxygens (including phenoxy) is 1. The Kier molecular flexibility index (Phi) is 8.44. The molecule has 2 aliphatic rings. The number of nitriles is 1. The molecule has 10 nitrogen and oxygen atoms in total. The lowest BCUT2D eigenvalue weighted by Gasteiger charge is -2.39. The number of aromatic amines is 1. The summed E-state index contributed by atoms with van der Waals surface area (Å²) < 4.78 is 20.0. The van der Waals surface area contributed by atoms with Crippen molar-refractivity contribution in [2.75, 3.05) is 0 Å². The smallest absolute Gasteiger partial charge is 0.307 e. The van der Waals surface area contributed by atoms with Crippen LogP contribution in [-0.2, 0) is 4.79 Å². The lowest BCUT2D eigenvalue weighted by Crippen LogP contribution is -2.56. The van der Waals surface area contributed by atoms with Crippen LogP contribution in [0.1, 0.15) is 55.2 Å². The summed E-state index contributed by atoms with van der Waals surface area (Å²) in [5.41, 5.74) is 7.26. The number of nitrogens with zero attached hydrogens (tertiary/aromatic N) is 3. The van der Waals surface area contributed by atoms with Gasteiger partial charge in [0.2, 0.25) is 5.91 Å². The van der Waals surface area contributed by atoms with E-state index in [1.165, 1.54) is 18.2 Å². The van der Waals surface area contributed by atoms with E-state index < -0.39 is 53.1 Å². The van der Waals surface area contributed by atoms with Crippen LogP contribution in [-0.4, -0.2) is 57.3 Å². The topological polar surface area (TPSA) is 154 Å². The van der Waals surface area contributed by atoms with Gasteiger partial charge in [0, 0.05) is 24.1 Å². The van der Waals surface area contributed by atoms with E-state index >= 15 is 0 Å². The minimum absolute atomic E-state index is 0.0768. The zero-order valence-electron chi connectivity index (χ0n) is 23.8. The number of H-pyrrole nitrogens is 1. The zero-order valence-corrected chi connectivity index (χ0v) is 23.8. The lowest BCUT2D eigenvalue weighted by atomic mass is 9.84. The largest absolute Gasteiger partial charge is 0.451 e. The number of aromatic nitrogens is 2. The van der Waals surface area contributed by atoms with Crippen LogP contribution in [0.15, 0.2) is 52.9 Å². The monoisotopic (exact) mass is 562 g/mol. The van der Waals surface area contributed by atoms with E-state index in [1.54, 1.807) is 63.8 Å². The van der Waals surface area contributed by atoms with Crippen molar-refractivity contribution in [3.63, 3.8) is 0 Å². The van der Waals surface area contributed by atoms with Gasteiger partial charge < -0.3 is 20.7 Å². The molecule has 1 unspecified atom stereocenters. The van der Waals surface area contributed by atoms with E-state index in [9.17, 15) is 24.0 Å². The van der Waals surface area contributed by atoms with E-state index in [0.717, 1.165) is 0 Å². The number of alkyl halides is 1. The summed E-state index contributed by atoms with van der Waals surface area (Å²) in [6.07, 6.45) is 4.14. The molecule has 4 rings (SSSR count). The van der Waals surface area contributed by atoms with Gasteiger partial charge in [-0.3, -0.25) is 14.4 Å². The van der Waals surface area contributed by atoms with Gasteiger partial charge in [0.1, 0.15) is 18.0 Å². The molecule has 1 aromatic heterocycles. The first-order valence-electron chi connectivity index (χ1n) is 13.5. The van der Waals surface area contributed by atoms with E-state index in [4.69, 9.17) is 10.5 Å². The number of carbonyl (C=O) groups is 2. The number of halogens is 1. The first kappa shape index (κ1) is 29.7. The van der Waals surface area contributed by atoms with Gasteiger partial charge in [0.15, 0.2) is 5.75 Å². The molecular formula is C30H35FN6O4. The fourth-order valence-corrected chi connectivity index (χ4v) is 5.39. The minimum atomic E-state index is -1.18. The zero-order chi connectivity index (χ0) is 30.1.